The van der Waals surface area contributed by atoms with Gasteiger partial charge in [-0.15, -0.1) is 0 Å². The molecule has 0 spiro atoms. The van der Waals surface area contributed by atoms with Crippen LogP contribution in [0.4, 0.5) is 21.0 Å². The van der Waals surface area contributed by atoms with E-state index in [9.17, 15) is 9.59 Å². The van der Waals surface area contributed by atoms with Crippen LogP contribution >= 0.6 is 12.2 Å². The molecule has 0 bridgehead atoms. The van der Waals surface area contributed by atoms with Gasteiger partial charge in [-0.3, -0.25) is 5.32 Å². The molecule has 1 aromatic rings. The molecule has 1 rings (SSSR count). The second-order valence-electron chi connectivity index (χ2n) is 3.32. The molecule has 19 heavy (non-hydrogen) atoms. The van der Waals surface area contributed by atoms with Crippen LogP contribution in [0.1, 0.15) is 0 Å². The van der Waals surface area contributed by atoms with Gasteiger partial charge in [0.2, 0.25) is 0 Å². The fourth-order valence-electron chi connectivity index (χ4n) is 1.18. The topological polar surface area (TPSA) is 91.5 Å². The number of alkyl carbamates (subject to hydrolysis) is 1. The molecule has 0 saturated heterocycles. The SMILES string of the molecule is CNC(=O)Nc1ccccc1NC(=S)NC(=O)OC. The van der Waals surface area contributed by atoms with Gasteiger partial charge in [0.25, 0.3) is 0 Å². The van der Waals surface area contributed by atoms with Crippen LogP contribution in [0, 0.1) is 0 Å². The first-order valence-electron chi connectivity index (χ1n) is 5.30. The van der Waals surface area contributed by atoms with E-state index in [1.54, 1.807) is 24.3 Å². The molecule has 0 heterocycles. The zero-order valence-electron chi connectivity index (χ0n) is 10.4. The van der Waals surface area contributed by atoms with Crippen molar-refractivity contribution in [2.24, 2.45) is 0 Å². The maximum absolute atomic E-state index is 11.3. The van der Waals surface area contributed by atoms with Crippen LogP contribution in [0.2, 0.25) is 0 Å². The Balaban J connectivity index is 2.75. The minimum atomic E-state index is -0.672. The normalized spacial score (nSPS) is 9.16. The smallest absolute Gasteiger partial charge is 0.413 e. The Bertz CT molecular complexity index is 493. The number of hydrogen-bond donors (Lipinski definition) is 4. The van der Waals surface area contributed by atoms with Crippen molar-refractivity contribution in [3.05, 3.63) is 24.3 Å². The number of para-hydroxylation sites is 2. The highest BCUT2D eigenvalue weighted by atomic mass is 32.1. The first-order chi connectivity index (χ1) is 9.06. The van der Waals surface area contributed by atoms with E-state index in [2.05, 4.69) is 26.0 Å². The lowest BCUT2D eigenvalue weighted by molar-refractivity contribution is 0.177. The highest BCUT2D eigenvalue weighted by molar-refractivity contribution is 7.80. The third-order valence-corrected chi connectivity index (χ3v) is 2.26. The summed E-state index contributed by atoms with van der Waals surface area (Å²) >= 11 is 4.93. The summed E-state index contributed by atoms with van der Waals surface area (Å²) < 4.78 is 4.41. The first kappa shape index (κ1) is 14.7. The van der Waals surface area contributed by atoms with Crippen LogP contribution in [-0.4, -0.2) is 31.4 Å². The Hall–Kier alpha value is -2.35. The zero-order valence-corrected chi connectivity index (χ0v) is 11.3. The van der Waals surface area contributed by atoms with Crippen LogP contribution in [0.15, 0.2) is 24.3 Å². The molecule has 0 unspecified atom stereocenters. The Labute approximate surface area is 115 Å². The number of carbonyl (C=O) groups excluding carboxylic acids is 2. The molecule has 1 aromatic carbocycles. The summed E-state index contributed by atoms with van der Waals surface area (Å²) in [7, 11) is 2.74. The van der Waals surface area contributed by atoms with Gasteiger partial charge in [0, 0.05) is 7.05 Å². The molecule has 102 valence electrons. The van der Waals surface area contributed by atoms with Crippen LogP contribution in [0.5, 0.6) is 0 Å². The molecule has 8 heteroatoms. The monoisotopic (exact) mass is 282 g/mol. The van der Waals surface area contributed by atoms with Gasteiger partial charge in [-0.2, -0.15) is 0 Å². The van der Waals surface area contributed by atoms with Crippen molar-refractivity contribution >= 4 is 40.8 Å². The number of thiocarbonyl (C=S) groups is 1. The first-order valence-corrected chi connectivity index (χ1v) is 5.71. The van der Waals surface area contributed by atoms with Gasteiger partial charge in [0.05, 0.1) is 18.5 Å². The van der Waals surface area contributed by atoms with Crippen molar-refractivity contribution < 1.29 is 14.3 Å². The predicted molar refractivity (Wildman–Crippen MR) is 76.3 cm³/mol. The van der Waals surface area contributed by atoms with E-state index in [1.165, 1.54) is 14.2 Å². The lowest BCUT2D eigenvalue weighted by Crippen LogP contribution is -2.34. The van der Waals surface area contributed by atoms with Gasteiger partial charge in [-0.25, -0.2) is 9.59 Å². The van der Waals surface area contributed by atoms with Crippen LogP contribution < -0.4 is 21.3 Å². The Morgan fingerprint density at radius 1 is 1.16 bits per heavy atom. The molecule has 0 aromatic heterocycles. The number of ether oxygens (including phenoxy) is 1. The summed E-state index contributed by atoms with van der Waals surface area (Å²) in [5.74, 6) is 0. The van der Waals surface area contributed by atoms with E-state index in [1.807, 2.05) is 0 Å². The molecular formula is C11H14N4O3S. The van der Waals surface area contributed by atoms with Crippen molar-refractivity contribution in [1.82, 2.24) is 10.6 Å². The van der Waals surface area contributed by atoms with Gasteiger partial charge >= 0.3 is 12.1 Å². The summed E-state index contributed by atoms with van der Waals surface area (Å²) in [5, 5.41) is 10.2. The Kier molecular flexibility index (Phi) is 5.55. The minimum absolute atomic E-state index is 0.0676. The van der Waals surface area contributed by atoms with Gasteiger partial charge in [0.1, 0.15) is 0 Å². The number of anilines is 2. The number of hydrogen-bond acceptors (Lipinski definition) is 4. The number of carbonyl (C=O) groups is 2. The third-order valence-electron chi connectivity index (χ3n) is 2.05. The van der Waals surface area contributed by atoms with Crippen LogP contribution in [0.3, 0.4) is 0 Å². The number of nitrogens with one attached hydrogen (secondary N) is 4. The van der Waals surface area contributed by atoms with Gasteiger partial charge in [-0.05, 0) is 24.4 Å². The lowest BCUT2D eigenvalue weighted by atomic mass is 10.2. The van der Waals surface area contributed by atoms with Crippen molar-refractivity contribution in [1.29, 1.82) is 0 Å². The van der Waals surface area contributed by atoms with Crippen molar-refractivity contribution in [2.45, 2.75) is 0 Å². The summed E-state index contributed by atoms with van der Waals surface area (Å²) in [5.41, 5.74) is 1.07. The minimum Gasteiger partial charge on any atom is -0.453 e. The van der Waals surface area contributed by atoms with Crippen molar-refractivity contribution in [3.63, 3.8) is 0 Å². The Morgan fingerprint density at radius 2 is 1.74 bits per heavy atom. The fourth-order valence-corrected chi connectivity index (χ4v) is 1.38. The summed E-state index contributed by atoms with van der Waals surface area (Å²) in [4.78, 5) is 22.3. The Morgan fingerprint density at radius 3 is 2.26 bits per heavy atom. The number of rotatable bonds is 2. The number of benzene rings is 1. The average Bonchev–Trinajstić information content (AvgIpc) is 2.40. The molecule has 0 atom stereocenters. The van der Waals surface area contributed by atoms with Gasteiger partial charge in [0.15, 0.2) is 5.11 Å². The predicted octanol–water partition coefficient (Wildman–Crippen LogP) is 1.49. The van der Waals surface area contributed by atoms with E-state index < -0.39 is 6.09 Å². The number of urea groups is 1. The molecule has 0 aliphatic carbocycles. The summed E-state index contributed by atoms with van der Waals surface area (Å²) in [6, 6.07) is 6.56. The van der Waals surface area contributed by atoms with E-state index in [-0.39, 0.29) is 11.1 Å². The molecule has 3 amide bonds. The van der Waals surface area contributed by atoms with E-state index >= 15 is 0 Å². The third kappa shape index (κ3) is 4.80. The molecule has 0 fully saturated rings. The molecule has 0 saturated carbocycles. The van der Waals surface area contributed by atoms with E-state index in [4.69, 9.17) is 12.2 Å². The van der Waals surface area contributed by atoms with Crippen molar-refractivity contribution in [3.8, 4) is 0 Å². The van der Waals surface area contributed by atoms with E-state index in [0.717, 1.165) is 0 Å². The quantitative estimate of drug-likeness (QED) is 0.617. The standard InChI is InChI=1S/C11H14N4O3S/c1-12-9(16)13-7-5-3-4-6-8(7)14-10(19)15-11(17)18-2/h3-6H,1-2H3,(H2,12,13,16)(H2,14,15,17,19). The largest absolute Gasteiger partial charge is 0.453 e. The molecule has 4 N–H and O–H groups in total. The number of amides is 3. The lowest BCUT2D eigenvalue weighted by Gasteiger charge is -2.13. The summed E-state index contributed by atoms with van der Waals surface area (Å²) in [6.45, 7) is 0. The molecule has 7 nitrogen and oxygen atoms in total. The van der Waals surface area contributed by atoms with Gasteiger partial charge < -0.3 is 20.7 Å². The van der Waals surface area contributed by atoms with Crippen LogP contribution in [0.25, 0.3) is 0 Å². The average molecular weight is 282 g/mol. The summed E-state index contributed by atoms with van der Waals surface area (Å²) in [6.07, 6.45) is -0.672. The molecular weight excluding hydrogens is 268 g/mol. The zero-order chi connectivity index (χ0) is 14.3. The highest BCUT2D eigenvalue weighted by Crippen LogP contribution is 2.20. The second kappa shape index (κ2) is 7.17. The maximum Gasteiger partial charge on any atom is 0.413 e. The molecule has 0 radical (unpaired) electrons. The second-order valence-corrected chi connectivity index (χ2v) is 3.73. The van der Waals surface area contributed by atoms with Gasteiger partial charge in [-0.1, -0.05) is 12.1 Å². The molecule has 0 aliphatic heterocycles. The van der Waals surface area contributed by atoms with Crippen molar-refractivity contribution in [2.75, 3.05) is 24.8 Å². The number of methoxy groups -OCH3 is 1. The fraction of sp³-hybridized carbons (Fsp3) is 0.182. The highest BCUT2D eigenvalue weighted by Gasteiger charge is 2.08. The van der Waals surface area contributed by atoms with E-state index in [0.29, 0.717) is 11.4 Å². The van der Waals surface area contributed by atoms with Crippen LogP contribution in [-0.2, 0) is 4.74 Å². The maximum atomic E-state index is 11.3. The molecule has 0 aliphatic rings.